The number of hydrogen-bond donors (Lipinski definition) is 1. The smallest absolute Gasteiger partial charge is 0.411 e. The highest BCUT2D eigenvalue weighted by molar-refractivity contribution is 5.82. The summed E-state index contributed by atoms with van der Waals surface area (Å²) in [5.74, 6) is -0.170. The number of carboxylic acids is 1. The van der Waals surface area contributed by atoms with Crippen LogP contribution in [0.15, 0.2) is 18.2 Å². The minimum Gasteiger partial charge on any atom is -0.493 e. The lowest BCUT2D eigenvalue weighted by molar-refractivity contribution is -0.141. The fourth-order valence-corrected chi connectivity index (χ4v) is 2.54. The van der Waals surface area contributed by atoms with Gasteiger partial charge in [-0.2, -0.15) is 0 Å². The van der Waals surface area contributed by atoms with Gasteiger partial charge >= 0.3 is 12.1 Å². The molecule has 1 aromatic carbocycles. The van der Waals surface area contributed by atoms with Gasteiger partial charge in [-0.1, -0.05) is 12.1 Å². The number of carbonyl (C=O) groups excluding carboxylic acids is 1. The van der Waals surface area contributed by atoms with Gasteiger partial charge in [0, 0.05) is 0 Å². The third-order valence-electron chi connectivity index (χ3n) is 3.59. The number of carboxylic acid groups (broad SMARTS) is 1. The molecular weight excluding hydrogens is 262 g/mol. The zero-order valence-electron chi connectivity index (χ0n) is 10.9. The summed E-state index contributed by atoms with van der Waals surface area (Å²) in [6, 6.07) is 4.80. The highest BCUT2D eigenvalue weighted by atomic mass is 16.6. The van der Waals surface area contributed by atoms with Crippen molar-refractivity contribution in [2.24, 2.45) is 0 Å². The van der Waals surface area contributed by atoms with Crippen LogP contribution in [0.25, 0.3) is 0 Å². The Hall–Kier alpha value is -2.24. The number of aliphatic carboxylic acids is 1. The van der Waals surface area contributed by atoms with Crippen molar-refractivity contribution in [3.63, 3.8) is 0 Å². The van der Waals surface area contributed by atoms with Crippen molar-refractivity contribution in [3.8, 4) is 5.75 Å². The average Bonchev–Trinajstić information content (AvgIpc) is 2.80. The van der Waals surface area contributed by atoms with Crippen molar-refractivity contribution in [1.82, 2.24) is 4.90 Å². The van der Waals surface area contributed by atoms with Gasteiger partial charge in [-0.05, 0) is 30.0 Å². The first-order valence-corrected chi connectivity index (χ1v) is 6.56. The summed E-state index contributed by atoms with van der Waals surface area (Å²) in [5.41, 5.74) is 1.99. The summed E-state index contributed by atoms with van der Waals surface area (Å²) in [6.07, 6.45) is 1.34. The first kappa shape index (κ1) is 12.8. The molecule has 1 aromatic rings. The van der Waals surface area contributed by atoms with Crippen LogP contribution in [0.3, 0.4) is 0 Å². The van der Waals surface area contributed by atoms with E-state index >= 15 is 0 Å². The third kappa shape index (κ3) is 2.29. The number of nitrogens with zero attached hydrogens (tertiary/aromatic N) is 1. The topological polar surface area (TPSA) is 76.1 Å². The third-order valence-corrected chi connectivity index (χ3v) is 3.59. The zero-order valence-corrected chi connectivity index (χ0v) is 10.9. The summed E-state index contributed by atoms with van der Waals surface area (Å²) in [5, 5.41) is 9.08. The molecule has 0 saturated carbocycles. The second-order valence-electron chi connectivity index (χ2n) is 4.95. The van der Waals surface area contributed by atoms with E-state index in [9.17, 15) is 9.59 Å². The monoisotopic (exact) mass is 277 g/mol. The van der Waals surface area contributed by atoms with E-state index in [1.807, 2.05) is 18.2 Å². The number of rotatable bonds is 3. The first-order valence-electron chi connectivity index (χ1n) is 6.56. The fraction of sp³-hybridized carbons (Fsp3) is 0.429. The number of hydrogen-bond acceptors (Lipinski definition) is 4. The minimum absolute atomic E-state index is 0.0950. The molecule has 0 aromatic heterocycles. The molecule has 1 atom stereocenters. The normalized spacial score (nSPS) is 21.1. The van der Waals surface area contributed by atoms with Crippen molar-refractivity contribution in [1.29, 1.82) is 0 Å². The van der Waals surface area contributed by atoms with Crippen molar-refractivity contribution in [2.75, 3.05) is 13.2 Å². The van der Waals surface area contributed by atoms with Crippen LogP contribution < -0.4 is 4.74 Å². The lowest BCUT2D eigenvalue weighted by Gasteiger charge is -2.21. The highest BCUT2D eigenvalue weighted by Gasteiger charge is 2.38. The second kappa shape index (κ2) is 5.03. The molecule has 106 valence electrons. The number of fused-ring (bicyclic) bond motifs is 1. The highest BCUT2D eigenvalue weighted by Crippen LogP contribution is 2.27. The lowest BCUT2D eigenvalue weighted by Crippen LogP contribution is -2.38. The van der Waals surface area contributed by atoms with Gasteiger partial charge in [0.2, 0.25) is 0 Å². The van der Waals surface area contributed by atoms with Crippen LogP contribution in [0.5, 0.6) is 5.75 Å². The van der Waals surface area contributed by atoms with E-state index in [2.05, 4.69) is 0 Å². The van der Waals surface area contributed by atoms with Gasteiger partial charge in [-0.3, -0.25) is 4.90 Å². The molecule has 1 saturated heterocycles. The van der Waals surface area contributed by atoms with Crippen LogP contribution in [0, 0.1) is 0 Å². The Labute approximate surface area is 115 Å². The molecule has 6 heteroatoms. The van der Waals surface area contributed by atoms with Gasteiger partial charge in [0.1, 0.15) is 12.4 Å². The molecule has 1 N–H and O–H groups in total. The van der Waals surface area contributed by atoms with Crippen LogP contribution in [-0.4, -0.2) is 41.3 Å². The molecule has 2 aliphatic heterocycles. The molecule has 0 aliphatic carbocycles. The molecule has 6 nitrogen and oxygen atoms in total. The Morgan fingerprint density at radius 2 is 2.25 bits per heavy atom. The molecule has 20 heavy (non-hydrogen) atoms. The van der Waals surface area contributed by atoms with E-state index in [4.69, 9.17) is 14.6 Å². The van der Waals surface area contributed by atoms with Crippen molar-refractivity contribution < 1.29 is 24.2 Å². The van der Waals surface area contributed by atoms with Gasteiger partial charge < -0.3 is 14.6 Å². The van der Waals surface area contributed by atoms with Crippen LogP contribution in [0.4, 0.5) is 4.79 Å². The van der Waals surface area contributed by atoms with Gasteiger partial charge in [-0.15, -0.1) is 0 Å². The molecular formula is C14H15NO5. The van der Waals surface area contributed by atoms with E-state index in [1.54, 1.807) is 0 Å². The Balaban J connectivity index is 1.80. The minimum atomic E-state index is -1.04. The number of amides is 1. The SMILES string of the molecule is O=C(O)C1COC(=O)N1Cc1ccc2c(c1)CCCO2. The van der Waals surface area contributed by atoms with Gasteiger partial charge in [0.25, 0.3) is 0 Å². The molecule has 3 rings (SSSR count). The van der Waals surface area contributed by atoms with E-state index in [0.717, 1.165) is 36.3 Å². The summed E-state index contributed by atoms with van der Waals surface area (Å²) < 4.78 is 10.3. The summed E-state index contributed by atoms with van der Waals surface area (Å²) >= 11 is 0. The Kier molecular flexibility index (Phi) is 3.22. The average molecular weight is 277 g/mol. The van der Waals surface area contributed by atoms with Crippen LogP contribution >= 0.6 is 0 Å². The standard InChI is InChI=1S/C14H15NO5/c16-13(17)11-8-20-14(18)15(11)7-9-3-4-12-10(6-9)2-1-5-19-12/h3-4,6,11H,1-2,5,7-8H2,(H,16,17). The molecule has 1 unspecified atom stereocenters. The maximum Gasteiger partial charge on any atom is 0.411 e. The summed E-state index contributed by atoms with van der Waals surface area (Å²) in [6.45, 7) is 0.872. The number of benzene rings is 1. The van der Waals surface area contributed by atoms with Crippen LogP contribution in [0.1, 0.15) is 17.5 Å². The molecule has 1 amide bonds. The van der Waals surface area contributed by atoms with E-state index in [1.165, 1.54) is 4.90 Å². The number of aryl methyl sites for hydroxylation is 1. The predicted octanol–water partition coefficient (Wildman–Crippen LogP) is 1.42. The Morgan fingerprint density at radius 1 is 1.40 bits per heavy atom. The van der Waals surface area contributed by atoms with Gasteiger partial charge in [0.05, 0.1) is 13.2 Å². The molecule has 2 heterocycles. The van der Waals surface area contributed by atoms with Crippen LogP contribution in [-0.2, 0) is 22.5 Å². The van der Waals surface area contributed by atoms with E-state index in [0.29, 0.717) is 0 Å². The number of carbonyl (C=O) groups is 2. The molecule has 2 aliphatic rings. The van der Waals surface area contributed by atoms with E-state index < -0.39 is 18.1 Å². The van der Waals surface area contributed by atoms with Crippen molar-refractivity contribution in [3.05, 3.63) is 29.3 Å². The van der Waals surface area contributed by atoms with Gasteiger partial charge in [0.15, 0.2) is 6.04 Å². The molecule has 0 bridgehead atoms. The summed E-state index contributed by atoms with van der Waals surface area (Å²) in [4.78, 5) is 23.9. The Morgan fingerprint density at radius 3 is 3.05 bits per heavy atom. The second-order valence-corrected chi connectivity index (χ2v) is 4.95. The Bertz CT molecular complexity index is 556. The molecule has 1 fully saturated rings. The van der Waals surface area contributed by atoms with E-state index in [-0.39, 0.29) is 13.2 Å². The summed E-state index contributed by atoms with van der Waals surface area (Å²) in [7, 11) is 0. The first-order chi connectivity index (χ1) is 9.65. The lowest BCUT2D eigenvalue weighted by atomic mass is 10.0. The fourth-order valence-electron chi connectivity index (χ4n) is 2.54. The van der Waals surface area contributed by atoms with Crippen molar-refractivity contribution >= 4 is 12.1 Å². The largest absolute Gasteiger partial charge is 0.493 e. The maximum atomic E-state index is 11.6. The molecule has 0 spiro atoms. The predicted molar refractivity (Wildman–Crippen MR) is 68.6 cm³/mol. The maximum absolute atomic E-state index is 11.6. The van der Waals surface area contributed by atoms with Crippen LogP contribution in [0.2, 0.25) is 0 Å². The van der Waals surface area contributed by atoms with Crippen molar-refractivity contribution in [2.45, 2.75) is 25.4 Å². The zero-order chi connectivity index (χ0) is 14.1. The quantitative estimate of drug-likeness (QED) is 0.904. The van der Waals surface area contributed by atoms with Gasteiger partial charge in [-0.25, -0.2) is 9.59 Å². The number of ether oxygens (including phenoxy) is 2. The molecule has 0 radical (unpaired) electrons. The number of cyclic esters (lactones) is 1.